The molecule has 1 saturated heterocycles. The lowest BCUT2D eigenvalue weighted by Crippen LogP contribution is -2.34. The Labute approximate surface area is 160 Å². The van der Waals surface area contributed by atoms with Gasteiger partial charge in [0.15, 0.2) is 0 Å². The Kier molecular flexibility index (Phi) is 6.82. The van der Waals surface area contributed by atoms with E-state index in [1.807, 2.05) is 12.1 Å². The van der Waals surface area contributed by atoms with Crippen LogP contribution in [0.4, 0.5) is 9.18 Å². The standard InChI is InChI=1S/C22H28FN3O/c1-17-9-11-26(12-10-17)16-19-6-4-5-18(13-19)14-24-22(27)25-15-20-7-2-3-8-21(20)23/h2-8,13,17H,9-12,14-16H2,1H3,(H2,24,25,27). The van der Waals surface area contributed by atoms with Crippen LogP contribution in [0.3, 0.4) is 0 Å². The highest BCUT2D eigenvalue weighted by atomic mass is 19.1. The van der Waals surface area contributed by atoms with Gasteiger partial charge in [0.1, 0.15) is 5.82 Å². The largest absolute Gasteiger partial charge is 0.334 e. The van der Waals surface area contributed by atoms with E-state index in [0.29, 0.717) is 12.1 Å². The summed E-state index contributed by atoms with van der Waals surface area (Å²) >= 11 is 0. The third-order valence-corrected chi connectivity index (χ3v) is 5.12. The van der Waals surface area contributed by atoms with Crippen LogP contribution >= 0.6 is 0 Å². The molecule has 2 N–H and O–H groups in total. The van der Waals surface area contributed by atoms with Crippen molar-refractivity contribution >= 4 is 6.03 Å². The van der Waals surface area contributed by atoms with Gasteiger partial charge in [-0.05, 0) is 49.0 Å². The second-order valence-corrected chi connectivity index (χ2v) is 7.41. The number of nitrogens with zero attached hydrogens (tertiary/aromatic N) is 1. The lowest BCUT2D eigenvalue weighted by atomic mass is 9.98. The highest BCUT2D eigenvalue weighted by Crippen LogP contribution is 2.18. The van der Waals surface area contributed by atoms with E-state index >= 15 is 0 Å². The molecule has 3 rings (SSSR count). The molecular formula is C22H28FN3O. The number of nitrogens with one attached hydrogen (secondary N) is 2. The number of benzene rings is 2. The molecule has 0 spiro atoms. The van der Waals surface area contributed by atoms with Crippen molar-refractivity contribution in [3.63, 3.8) is 0 Å². The average molecular weight is 369 g/mol. The molecule has 1 heterocycles. The Balaban J connectivity index is 1.45. The first kappa shape index (κ1) is 19.4. The van der Waals surface area contributed by atoms with Crippen molar-refractivity contribution in [2.24, 2.45) is 5.92 Å². The predicted octanol–water partition coefficient (Wildman–Crippen LogP) is 4.06. The molecule has 0 aliphatic carbocycles. The molecule has 1 aliphatic heterocycles. The molecule has 2 aromatic carbocycles. The molecule has 2 aromatic rings. The van der Waals surface area contributed by atoms with Gasteiger partial charge in [0.25, 0.3) is 0 Å². The maximum atomic E-state index is 13.6. The molecule has 27 heavy (non-hydrogen) atoms. The molecule has 1 fully saturated rings. The minimum absolute atomic E-state index is 0.173. The molecule has 0 radical (unpaired) electrons. The van der Waals surface area contributed by atoms with E-state index in [0.717, 1.165) is 31.1 Å². The maximum absolute atomic E-state index is 13.6. The van der Waals surface area contributed by atoms with Crippen LogP contribution in [0.15, 0.2) is 48.5 Å². The van der Waals surface area contributed by atoms with Crippen molar-refractivity contribution in [1.82, 2.24) is 15.5 Å². The fourth-order valence-corrected chi connectivity index (χ4v) is 3.38. The minimum atomic E-state index is -0.308. The van der Waals surface area contributed by atoms with E-state index in [4.69, 9.17) is 0 Å². The van der Waals surface area contributed by atoms with Crippen LogP contribution in [-0.4, -0.2) is 24.0 Å². The molecule has 2 amide bonds. The first-order valence-electron chi connectivity index (χ1n) is 9.65. The number of likely N-dealkylation sites (tertiary alicyclic amines) is 1. The normalized spacial score (nSPS) is 15.5. The fourth-order valence-electron chi connectivity index (χ4n) is 3.38. The summed E-state index contributed by atoms with van der Waals surface area (Å²) in [6, 6.07) is 14.5. The summed E-state index contributed by atoms with van der Waals surface area (Å²) in [7, 11) is 0. The quantitative estimate of drug-likeness (QED) is 0.807. The molecule has 1 aliphatic rings. The summed E-state index contributed by atoms with van der Waals surface area (Å²) in [6.07, 6.45) is 2.53. The number of carbonyl (C=O) groups excluding carboxylic acids is 1. The summed E-state index contributed by atoms with van der Waals surface area (Å²) in [4.78, 5) is 14.5. The number of amides is 2. The van der Waals surface area contributed by atoms with E-state index in [9.17, 15) is 9.18 Å². The lowest BCUT2D eigenvalue weighted by Gasteiger charge is -2.30. The van der Waals surface area contributed by atoms with Crippen LogP contribution in [0.2, 0.25) is 0 Å². The van der Waals surface area contributed by atoms with Gasteiger partial charge in [-0.3, -0.25) is 4.90 Å². The first-order chi connectivity index (χ1) is 13.1. The highest BCUT2D eigenvalue weighted by Gasteiger charge is 2.15. The number of piperidine rings is 1. The van der Waals surface area contributed by atoms with Crippen molar-refractivity contribution in [3.8, 4) is 0 Å². The molecule has 0 aromatic heterocycles. The van der Waals surface area contributed by atoms with E-state index in [2.05, 4.69) is 34.6 Å². The van der Waals surface area contributed by atoms with Crippen LogP contribution in [0.25, 0.3) is 0 Å². The van der Waals surface area contributed by atoms with Crippen molar-refractivity contribution < 1.29 is 9.18 Å². The molecule has 4 nitrogen and oxygen atoms in total. The van der Waals surface area contributed by atoms with Crippen LogP contribution in [-0.2, 0) is 19.6 Å². The molecule has 0 unspecified atom stereocenters. The van der Waals surface area contributed by atoms with Gasteiger partial charge < -0.3 is 10.6 Å². The number of halogens is 1. The Hall–Kier alpha value is -2.40. The van der Waals surface area contributed by atoms with Crippen molar-refractivity contribution in [3.05, 3.63) is 71.0 Å². The highest BCUT2D eigenvalue weighted by molar-refractivity contribution is 5.73. The van der Waals surface area contributed by atoms with Gasteiger partial charge in [0.2, 0.25) is 0 Å². The predicted molar refractivity (Wildman–Crippen MR) is 106 cm³/mol. The number of rotatable bonds is 6. The third kappa shape index (κ3) is 6.07. The summed E-state index contributed by atoms with van der Waals surface area (Å²) in [5, 5.41) is 5.54. The Bertz CT molecular complexity index is 757. The summed E-state index contributed by atoms with van der Waals surface area (Å²) in [5.74, 6) is 0.525. The van der Waals surface area contributed by atoms with Gasteiger partial charge >= 0.3 is 6.03 Å². The molecular weight excluding hydrogens is 341 g/mol. The number of carbonyl (C=O) groups is 1. The van der Waals surface area contributed by atoms with Crippen LogP contribution in [0, 0.1) is 11.7 Å². The lowest BCUT2D eigenvalue weighted by molar-refractivity contribution is 0.185. The van der Waals surface area contributed by atoms with Gasteiger partial charge in [-0.15, -0.1) is 0 Å². The van der Waals surface area contributed by atoms with E-state index in [-0.39, 0.29) is 18.4 Å². The minimum Gasteiger partial charge on any atom is -0.334 e. The van der Waals surface area contributed by atoms with Crippen molar-refractivity contribution in [2.75, 3.05) is 13.1 Å². The third-order valence-electron chi connectivity index (χ3n) is 5.12. The Morgan fingerprint density at radius 1 is 1.04 bits per heavy atom. The second kappa shape index (κ2) is 9.51. The number of hydrogen-bond acceptors (Lipinski definition) is 2. The van der Waals surface area contributed by atoms with E-state index in [1.165, 1.54) is 24.5 Å². The zero-order valence-electron chi connectivity index (χ0n) is 15.9. The smallest absolute Gasteiger partial charge is 0.315 e. The maximum Gasteiger partial charge on any atom is 0.315 e. The molecule has 0 saturated carbocycles. The van der Waals surface area contributed by atoms with Crippen molar-refractivity contribution in [1.29, 1.82) is 0 Å². The Morgan fingerprint density at radius 3 is 2.52 bits per heavy atom. The molecule has 0 atom stereocenters. The van der Waals surface area contributed by atoms with Crippen LogP contribution in [0.5, 0.6) is 0 Å². The van der Waals surface area contributed by atoms with Crippen LogP contribution < -0.4 is 10.6 Å². The second-order valence-electron chi connectivity index (χ2n) is 7.41. The molecule has 144 valence electrons. The monoisotopic (exact) mass is 369 g/mol. The first-order valence-corrected chi connectivity index (χ1v) is 9.65. The summed E-state index contributed by atoms with van der Waals surface area (Å²) in [6.45, 7) is 6.21. The number of urea groups is 1. The molecule has 0 bridgehead atoms. The summed E-state index contributed by atoms with van der Waals surface area (Å²) < 4.78 is 13.6. The Morgan fingerprint density at radius 2 is 1.74 bits per heavy atom. The van der Waals surface area contributed by atoms with Crippen LogP contribution in [0.1, 0.15) is 36.5 Å². The van der Waals surface area contributed by atoms with E-state index < -0.39 is 0 Å². The van der Waals surface area contributed by atoms with Gasteiger partial charge in [-0.2, -0.15) is 0 Å². The molecule has 5 heteroatoms. The van der Waals surface area contributed by atoms with Crippen molar-refractivity contribution in [2.45, 2.75) is 39.4 Å². The van der Waals surface area contributed by atoms with Gasteiger partial charge in [-0.25, -0.2) is 9.18 Å². The van der Waals surface area contributed by atoms with Gasteiger partial charge in [-0.1, -0.05) is 49.4 Å². The van der Waals surface area contributed by atoms with Gasteiger partial charge in [0, 0.05) is 25.2 Å². The van der Waals surface area contributed by atoms with E-state index in [1.54, 1.807) is 18.2 Å². The zero-order chi connectivity index (χ0) is 19.1. The number of hydrogen-bond donors (Lipinski definition) is 2. The SMILES string of the molecule is CC1CCN(Cc2cccc(CNC(=O)NCc3ccccc3F)c2)CC1. The van der Waals surface area contributed by atoms with Gasteiger partial charge in [0.05, 0.1) is 0 Å². The summed E-state index contributed by atoms with van der Waals surface area (Å²) in [5.41, 5.74) is 2.82. The zero-order valence-corrected chi connectivity index (χ0v) is 15.9. The average Bonchev–Trinajstić information content (AvgIpc) is 2.68. The fraction of sp³-hybridized carbons (Fsp3) is 0.409. The topological polar surface area (TPSA) is 44.4 Å².